The van der Waals surface area contributed by atoms with Crippen molar-refractivity contribution in [2.45, 2.75) is 44.3 Å². The predicted molar refractivity (Wildman–Crippen MR) is 123 cm³/mol. The Hall–Kier alpha value is -2.85. The normalized spacial score (nSPS) is 11.7. The van der Waals surface area contributed by atoms with E-state index in [-0.39, 0.29) is 17.8 Å². The van der Waals surface area contributed by atoms with Gasteiger partial charge in [-0.3, -0.25) is 9.36 Å². The van der Waals surface area contributed by atoms with Crippen molar-refractivity contribution in [3.8, 4) is 11.5 Å². The second-order valence-corrected chi connectivity index (χ2v) is 9.16. The lowest BCUT2D eigenvalue weighted by molar-refractivity contribution is -0.115. The third-order valence-corrected chi connectivity index (χ3v) is 6.51. The van der Waals surface area contributed by atoms with E-state index in [9.17, 15) is 4.79 Å². The third-order valence-electron chi connectivity index (χ3n) is 4.44. The van der Waals surface area contributed by atoms with Crippen molar-refractivity contribution in [2.75, 3.05) is 12.4 Å². The number of aromatic nitrogens is 4. The number of hydrogen-bond acceptors (Lipinski definition) is 8. The second-order valence-electron chi connectivity index (χ2n) is 6.65. The first kappa shape index (κ1) is 22.8. The minimum Gasteiger partial charge on any atom is -0.493 e. The van der Waals surface area contributed by atoms with E-state index in [1.165, 1.54) is 23.1 Å². The molecule has 0 aliphatic carbocycles. The molecule has 0 spiro atoms. The van der Waals surface area contributed by atoms with Crippen molar-refractivity contribution in [2.24, 2.45) is 0 Å². The van der Waals surface area contributed by atoms with E-state index in [4.69, 9.17) is 9.47 Å². The Balaban J connectivity index is 1.68. The molecule has 0 aliphatic heterocycles. The number of hydrogen-bond donors (Lipinski definition) is 1. The van der Waals surface area contributed by atoms with E-state index in [0.717, 1.165) is 10.6 Å². The molecule has 0 bridgehead atoms. The molecule has 10 heteroatoms. The number of rotatable bonds is 10. The number of carbonyl (C=O) groups excluding carboxylic acids is 1. The summed E-state index contributed by atoms with van der Waals surface area (Å²) < 4.78 is 13.1. The van der Waals surface area contributed by atoms with Crippen molar-refractivity contribution in [3.63, 3.8) is 0 Å². The number of nitrogens with zero attached hydrogens (tertiary/aromatic N) is 4. The van der Waals surface area contributed by atoms with Gasteiger partial charge in [-0.15, -0.1) is 28.1 Å². The lowest BCUT2D eigenvalue weighted by Gasteiger charge is -2.13. The van der Waals surface area contributed by atoms with Crippen LogP contribution >= 0.6 is 23.1 Å². The Bertz CT molecular complexity index is 1040. The number of ether oxygens (including phenoxy) is 2. The molecule has 0 radical (unpaired) electrons. The van der Waals surface area contributed by atoms with E-state index >= 15 is 0 Å². The van der Waals surface area contributed by atoms with E-state index in [0.29, 0.717) is 34.2 Å². The molecular weight excluding hydrogens is 434 g/mol. The van der Waals surface area contributed by atoms with Gasteiger partial charge in [-0.1, -0.05) is 30.0 Å². The summed E-state index contributed by atoms with van der Waals surface area (Å²) >= 11 is 2.79. The van der Waals surface area contributed by atoms with Gasteiger partial charge in [0.1, 0.15) is 6.61 Å². The first-order valence-electron chi connectivity index (χ1n) is 9.63. The molecule has 1 amide bonds. The van der Waals surface area contributed by atoms with E-state index in [1.54, 1.807) is 13.2 Å². The molecule has 8 nitrogen and oxygen atoms in total. The van der Waals surface area contributed by atoms with E-state index in [2.05, 4.69) is 27.1 Å². The zero-order valence-electron chi connectivity index (χ0n) is 17.9. The van der Waals surface area contributed by atoms with Gasteiger partial charge in [-0.05, 0) is 32.9 Å². The Morgan fingerprint density at radius 1 is 1.32 bits per heavy atom. The molecule has 2 heterocycles. The summed E-state index contributed by atoms with van der Waals surface area (Å²) in [5, 5.41) is 12.2. The highest BCUT2D eigenvalue weighted by Gasteiger charge is 2.21. The van der Waals surface area contributed by atoms with Gasteiger partial charge < -0.3 is 14.8 Å². The summed E-state index contributed by atoms with van der Waals surface area (Å²) in [5.41, 5.74) is 0.922. The van der Waals surface area contributed by atoms with Crippen LogP contribution in [0.15, 0.2) is 42.1 Å². The lowest BCUT2D eigenvalue weighted by atomic mass is 10.3. The smallest absolute Gasteiger partial charge is 0.239 e. The molecule has 1 aromatic carbocycles. The predicted octanol–water partition coefficient (Wildman–Crippen LogP) is 4.24. The van der Waals surface area contributed by atoms with Crippen molar-refractivity contribution < 1.29 is 14.3 Å². The molecule has 3 aromatic rings. The summed E-state index contributed by atoms with van der Waals surface area (Å²) in [4.78, 5) is 18.1. The van der Waals surface area contributed by atoms with Crippen LogP contribution in [0.4, 0.5) is 5.13 Å². The van der Waals surface area contributed by atoms with Gasteiger partial charge in [0.05, 0.1) is 18.1 Å². The summed E-state index contributed by atoms with van der Waals surface area (Å²) in [6.07, 6.45) is 1.76. The fourth-order valence-electron chi connectivity index (χ4n) is 2.65. The largest absolute Gasteiger partial charge is 0.493 e. The van der Waals surface area contributed by atoms with Crippen LogP contribution in [-0.4, -0.2) is 38.0 Å². The molecule has 31 heavy (non-hydrogen) atoms. The molecule has 1 atom stereocenters. The van der Waals surface area contributed by atoms with Gasteiger partial charge in [0.15, 0.2) is 27.6 Å². The van der Waals surface area contributed by atoms with Gasteiger partial charge >= 0.3 is 0 Å². The number of anilines is 1. The molecule has 164 valence electrons. The second kappa shape index (κ2) is 10.5. The zero-order valence-corrected chi connectivity index (χ0v) is 19.5. The van der Waals surface area contributed by atoms with Crippen LogP contribution < -0.4 is 14.8 Å². The number of aryl methyl sites for hydroxylation is 2. The average molecular weight is 460 g/mol. The van der Waals surface area contributed by atoms with Crippen LogP contribution in [0.5, 0.6) is 11.5 Å². The SMILES string of the molecule is C=CCn1c(COc2ccccc2OC)nnc1SC(C)C(=O)Nc1nc(C)c(C)s1. The van der Waals surface area contributed by atoms with Crippen molar-refractivity contribution in [1.82, 2.24) is 19.7 Å². The highest BCUT2D eigenvalue weighted by atomic mass is 32.2. The number of thiazole rings is 1. The molecule has 1 unspecified atom stereocenters. The Labute approximate surface area is 189 Å². The first-order chi connectivity index (χ1) is 14.9. The molecule has 0 fully saturated rings. The van der Waals surface area contributed by atoms with Crippen molar-refractivity contribution in [1.29, 1.82) is 0 Å². The minimum absolute atomic E-state index is 0.140. The fraction of sp³-hybridized carbons (Fsp3) is 0.333. The molecular formula is C21H25N5O3S2. The first-order valence-corrected chi connectivity index (χ1v) is 11.3. The van der Waals surface area contributed by atoms with Gasteiger partial charge in [0, 0.05) is 11.4 Å². The number of thioether (sulfide) groups is 1. The summed E-state index contributed by atoms with van der Waals surface area (Å²) in [5.74, 6) is 1.75. The molecule has 3 rings (SSSR count). The number of nitrogens with one attached hydrogen (secondary N) is 1. The highest BCUT2D eigenvalue weighted by molar-refractivity contribution is 8.00. The van der Waals surface area contributed by atoms with Crippen molar-refractivity contribution >= 4 is 34.1 Å². The molecule has 0 aliphatic rings. The van der Waals surface area contributed by atoms with Gasteiger partial charge in [0.25, 0.3) is 0 Å². The molecule has 1 N–H and O–H groups in total. The topological polar surface area (TPSA) is 91.2 Å². The summed E-state index contributed by atoms with van der Waals surface area (Å²) in [6.45, 7) is 10.2. The van der Waals surface area contributed by atoms with Gasteiger partial charge in [0.2, 0.25) is 5.91 Å². The van der Waals surface area contributed by atoms with Crippen LogP contribution in [0.2, 0.25) is 0 Å². The fourth-order valence-corrected chi connectivity index (χ4v) is 4.35. The summed E-state index contributed by atoms with van der Waals surface area (Å²) in [7, 11) is 1.60. The van der Waals surface area contributed by atoms with Crippen LogP contribution in [0.1, 0.15) is 23.3 Å². The third kappa shape index (κ3) is 5.65. The zero-order chi connectivity index (χ0) is 22.4. The number of methoxy groups -OCH3 is 1. The van der Waals surface area contributed by atoms with Crippen LogP contribution in [0, 0.1) is 13.8 Å². The highest BCUT2D eigenvalue weighted by Crippen LogP contribution is 2.28. The lowest BCUT2D eigenvalue weighted by Crippen LogP contribution is -2.23. The number of benzene rings is 1. The maximum atomic E-state index is 12.6. The van der Waals surface area contributed by atoms with Crippen LogP contribution in [0.25, 0.3) is 0 Å². The number of carbonyl (C=O) groups is 1. The number of amides is 1. The standard InChI is InChI=1S/C21H25N5O3S2/c1-6-11-26-18(12-29-17-10-8-7-9-16(17)28-5)24-25-21(26)31-15(4)19(27)23-20-22-13(2)14(3)30-20/h6-10,15H,1,11-12H2,2-5H3,(H,22,23,27). The number of para-hydroxylation sites is 2. The van der Waals surface area contributed by atoms with Crippen LogP contribution in [0.3, 0.4) is 0 Å². The summed E-state index contributed by atoms with van der Waals surface area (Å²) in [6, 6.07) is 7.41. The molecule has 0 saturated carbocycles. The van der Waals surface area contributed by atoms with E-state index in [1.807, 2.05) is 49.6 Å². The average Bonchev–Trinajstić information content (AvgIpc) is 3.28. The Morgan fingerprint density at radius 3 is 2.71 bits per heavy atom. The van der Waals surface area contributed by atoms with Crippen LogP contribution in [-0.2, 0) is 17.9 Å². The quantitative estimate of drug-likeness (QED) is 0.358. The maximum absolute atomic E-state index is 12.6. The van der Waals surface area contributed by atoms with Gasteiger partial charge in [-0.25, -0.2) is 4.98 Å². The van der Waals surface area contributed by atoms with E-state index < -0.39 is 0 Å². The maximum Gasteiger partial charge on any atom is 0.239 e. The Kier molecular flexibility index (Phi) is 7.69. The number of allylic oxidation sites excluding steroid dienone is 1. The molecule has 2 aromatic heterocycles. The molecule has 0 saturated heterocycles. The van der Waals surface area contributed by atoms with Gasteiger partial charge in [-0.2, -0.15) is 0 Å². The van der Waals surface area contributed by atoms with Crippen molar-refractivity contribution in [3.05, 3.63) is 53.3 Å². The minimum atomic E-state index is -0.389. The Morgan fingerprint density at radius 2 is 2.06 bits per heavy atom. The monoisotopic (exact) mass is 459 g/mol.